The Morgan fingerprint density at radius 2 is 0.517 bits per heavy atom. The van der Waals surface area contributed by atoms with E-state index in [0.29, 0.717) is 5.75 Å². The summed E-state index contributed by atoms with van der Waals surface area (Å²) >= 11 is 0. The number of nitrogens with zero attached hydrogens (tertiary/aromatic N) is 4. The van der Waals surface area contributed by atoms with Crippen LogP contribution in [0.1, 0.15) is 1.43 Å². The SMILES string of the molecule is Fc1cc(N(c2ccccc2)c2ccccc2)cc(N(c2ccccc2)c2ccccc2)c1.O.O=CO[O-].Oc1ccccc1.P.[H-].[K+].[K+].c1ccc(Oc2cc(N(c3ccccc3)c3ccccc3)cc(N(c3ccccc3)c3ccccc3)c2)cc1. The number of carbonyl (C=O) groups is 1. The third kappa shape index (κ3) is 20.5. The Hall–Kier alpha value is -7.54. The summed E-state index contributed by atoms with van der Waals surface area (Å²) < 4.78 is 21.6. The van der Waals surface area contributed by atoms with E-state index in [2.05, 4.69) is 140 Å². The van der Waals surface area contributed by atoms with Crippen LogP contribution in [0, 0.1) is 5.82 Å². The molecule has 0 saturated carbocycles. The molecule has 12 rings (SSSR count). The second-order valence-corrected chi connectivity index (χ2v) is 18.3. The van der Waals surface area contributed by atoms with Crippen LogP contribution in [0.15, 0.2) is 340 Å². The van der Waals surface area contributed by atoms with Gasteiger partial charge in [-0.15, -0.1) is 0 Å². The summed E-state index contributed by atoms with van der Waals surface area (Å²) in [7, 11) is 0. The summed E-state index contributed by atoms with van der Waals surface area (Å²) in [5, 5.41) is 17.1. The van der Waals surface area contributed by atoms with Crippen LogP contribution >= 0.6 is 9.90 Å². The second kappa shape index (κ2) is 37.9. The van der Waals surface area contributed by atoms with Crippen molar-refractivity contribution in [1.29, 1.82) is 0 Å². The third-order valence-electron chi connectivity index (χ3n) is 12.7. The molecular formula is C73H64FK2N4O6P. The van der Waals surface area contributed by atoms with Gasteiger partial charge in [-0.1, -0.05) is 182 Å². The molecule has 0 bridgehead atoms. The van der Waals surface area contributed by atoms with Crippen molar-refractivity contribution in [3.63, 3.8) is 0 Å². The maximum absolute atomic E-state index is 15.2. The Kier molecular flexibility index (Phi) is 30.6. The fourth-order valence-electron chi connectivity index (χ4n) is 9.16. The molecule has 0 spiro atoms. The number of phenolic OH excluding ortho intramolecular Hbond substituents is 1. The zero-order valence-electron chi connectivity index (χ0n) is 49.4. The fraction of sp³-hybridized carbons (Fsp3) is 0. The van der Waals surface area contributed by atoms with E-state index in [0.717, 1.165) is 79.7 Å². The normalized spacial score (nSPS) is 9.68. The molecule has 0 fully saturated rings. The number of para-hydroxylation sites is 10. The molecule has 0 amide bonds. The zero-order valence-corrected chi connectivity index (χ0v) is 56.0. The molecule has 0 aliphatic rings. The van der Waals surface area contributed by atoms with Gasteiger partial charge in [-0.25, -0.2) is 4.39 Å². The number of phenols is 1. The smallest absolute Gasteiger partial charge is 1.00 e. The first-order valence-corrected chi connectivity index (χ1v) is 26.7. The molecule has 12 aromatic carbocycles. The van der Waals surface area contributed by atoms with Gasteiger partial charge >= 0.3 is 103 Å². The van der Waals surface area contributed by atoms with Gasteiger partial charge in [0.25, 0.3) is 6.47 Å². The predicted molar refractivity (Wildman–Crippen MR) is 349 cm³/mol. The van der Waals surface area contributed by atoms with Crippen LogP contribution in [0.25, 0.3) is 0 Å². The van der Waals surface area contributed by atoms with Crippen molar-refractivity contribution < 1.29 is 139 Å². The molecule has 1 unspecified atom stereocenters. The molecule has 0 aliphatic heterocycles. The summed E-state index contributed by atoms with van der Waals surface area (Å²) in [6.07, 6.45) is 0. The Morgan fingerprint density at radius 3 is 0.713 bits per heavy atom. The van der Waals surface area contributed by atoms with Gasteiger partial charge in [-0.2, -0.15) is 9.90 Å². The number of ether oxygens (including phenoxy) is 1. The van der Waals surface area contributed by atoms with Crippen molar-refractivity contribution in [1.82, 2.24) is 0 Å². The molecule has 12 aromatic rings. The Bertz CT molecular complexity index is 3460. The molecule has 14 heteroatoms. The molecule has 0 aromatic heterocycles. The molecule has 0 radical (unpaired) electrons. The van der Waals surface area contributed by atoms with Gasteiger partial charge in [0.05, 0.1) is 22.7 Å². The Labute approximate surface area is 598 Å². The van der Waals surface area contributed by atoms with Crippen molar-refractivity contribution in [2.75, 3.05) is 19.6 Å². The molecule has 87 heavy (non-hydrogen) atoms. The summed E-state index contributed by atoms with van der Waals surface area (Å²) in [5.41, 5.74) is 11.6. The van der Waals surface area contributed by atoms with Gasteiger partial charge in [0.15, 0.2) is 0 Å². The van der Waals surface area contributed by atoms with E-state index in [4.69, 9.17) is 19.9 Å². The summed E-state index contributed by atoms with van der Waals surface area (Å²) in [6, 6.07) is 112. The van der Waals surface area contributed by atoms with Gasteiger partial charge in [-0.05, 0) is 146 Å². The summed E-state index contributed by atoms with van der Waals surface area (Å²) in [6.45, 7) is -0.181. The van der Waals surface area contributed by atoms with Crippen LogP contribution in [0.5, 0.6) is 17.2 Å². The monoisotopic (exact) mass is 1220 g/mol. The molecule has 0 heterocycles. The standard InChI is InChI=1S/C36H28N2O.C30H23FN2.C6H6O.CH2O3.2K.H2O.H3P.H/c1-6-16-29(17-7-1)37(30-18-8-2-9-19-30)33-26-34(28-36(27-33)39-35-24-14-5-15-25-35)38(31-20-10-3-11-21-31)32-22-12-4-13-23-32;31-24-21-29(32(25-13-5-1-6-14-25)26-15-7-2-8-16-26)23-30(22-24)33(27-17-9-3-10-18-27)28-19-11-4-12-20-28;7-6-4-2-1-3-5-6;2-1-4-3;;;;;/h1-28H;1-23H;1-5,7H;1,3H;;;1H2;1H3;/q;;;;2*+1;;;-1/p-1. The van der Waals surface area contributed by atoms with Crippen molar-refractivity contribution in [3.8, 4) is 17.2 Å². The van der Waals surface area contributed by atoms with E-state index in [-0.39, 0.29) is 132 Å². The van der Waals surface area contributed by atoms with Crippen molar-refractivity contribution in [2.24, 2.45) is 0 Å². The zero-order chi connectivity index (χ0) is 57.3. The number of aromatic hydroxyl groups is 1. The topological polar surface area (TPSA) is 123 Å². The second-order valence-electron chi connectivity index (χ2n) is 18.3. The molecule has 0 saturated heterocycles. The molecule has 0 aliphatic carbocycles. The number of hydrogen-bond donors (Lipinski definition) is 1. The predicted octanol–water partition coefficient (Wildman–Crippen LogP) is 12.4. The quantitative estimate of drug-likeness (QED) is 0.0351. The van der Waals surface area contributed by atoms with Crippen molar-refractivity contribution >= 4 is 84.6 Å². The number of hydrogen-bond acceptors (Lipinski definition) is 9. The molecule has 426 valence electrons. The van der Waals surface area contributed by atoms with Gasteiger partial charge in [0.2, 0.25) is 0 Å². The van der Waals surface area contributed by atoms with Crippen LogP contribution < -0.4 is 132 Å². The van der Waals surface area contributed by atoms with Crippen LogP contribution in [0.2, 0.25) is 0 Å². The van der Waals surface area contributed by atoms with Crippen molar-refractivity contribution in [3.05, 3.63) is 346 Å². The van der Waals surface area contributed by atoms with Gasteiger partial charge in [0.1, 0.15) is 23.1 Å². The number of anilines is 12. The van der Waals surface area contributed by atoms with Gasteiger partial charge in [0, 0.05) is 57.6 Å². The van der Waals surface area contributed by atoms with E-state index in [1.807, 2.05) is 188 Å². The van der Waals surface area contributed by atoms with Crippen LogP contribution in [-0.4, -0.2) is 17.1 Å². The van der Waals surface area contributed by atoms with E-state index < -0.39 is 0 Å². The van der Waals surface area contributed by atoms with Gasteiger partial charge < -0.3 is 46.5 Å². The van der Waals surface area contributed by atoms with Crippen LogP contribution in [0.4, 0.5) is 72.6 Å². The van der Waals surface area contributed by atoms with E-state index >= 15 is 4.39 Å². The minimum absolute atomic E-state index is 0. The fourth-order valence-corrected chi connectivity index (χ4v) is 9.16. The average molecular weight is 1220 g/mol. The maximum Gasteiger partial charge on any atom is 1.00 e. The number of benzene rings is 12. The summed E-state index contributed by atoms with van der Waals surface area (Å²) in [4.78, 5) is 19.9. The van der Waals surface area contributed by atoms with Crippen LogP contribution in [-0.2, 0) is 9.68 Å². The molecule has 10 nitrogen and oxygen atoms in total. The van der Waals surface area contributed by atoms with E-state index in [9.17, 15) is 0 Å². The minimum Gasteiger partial charge on any atom is -1.00 e. The molecular weight excluding hydrogens is 1160 g/mol. The van der Waals surface area contributed by atoms with Gasteiger partial charge in [-0.3, -0.25) is 4.79 Å². The Balaban J connectivity index is 0.000000308. The number of carbonyl (C=O) groups excluding carboxylic acids is 1. The maximum atomic E-state index is 15.2. The molecule has 3 N–H and O–H groups in total. The van der Waals surface area contributed by atoms with E-state index in [1.165, 1.54) is 0 Å². The summed E-state index contributed by atoms with van der Waals surface area (Å²) in [5.74, 6) is 1.57. The first kappa shape index (κ1) is 70.2. The van der Waals surface area contributed by atoms with Crippen LogP contribution in [0.3, 0.4) is 0 Å². The largest absolute Gasteiger partial charge is 1.00 e. The minimum atomic E-state index is -0.295. The average Bonchev–Trinajstić information content (AvgIpc) is 1.07. The van der Waals surface area contributed by atoms with E-state index in [1.54, 1.807) is 36.4 Å². The third-order valence-corrected chi connectivity index (χ3v) is 12.7. The molecule has 1 atom stereocenters. The Morgan fingerprint density at radius 1 is 0.322 bits per heavy atom. The first-order chi connectivity index (χ1) is 40.9. The number of halogens is 1. The number of rotatable bonds is 15. The van der Waals surface area contributed by atoms with Crippen molar-refractivity contribution in [2.45, 2.75) is 0 Å². The first-order valence-electron chi connectivity index (χ1n) is 26.7.